The molecule has 3 atom stereocenters. The van der Waals surface area contributed by atoms with Crippen molar-refractivity contribution < 1.29 is 14.6 Å². The molecule has 1 aromatic heterocycles. The van der Waals surface area contributed by atoms with E-state index in [0.29, 0.717) is 13.0 Å². The fourth-order valence-electron chi connectivity index (χ4n) is 2.05. The summed E-state index contributed by atoms with van der Waals surface area (Å²) in [5.74, 6) is 0.164. The van der Waals surface area contributed by atoms with E-state index in [-0.39, 0.29) is 18.5 Å². The minimum Gasteiger partial charge on any atom is -0.394 e. The second-order valence-corrected chi connectivity index (χ2v) is 4.25. The Morgan fingerprint density at radius 3 is 3.16 bits per heavy atom. The van der Waals surface area contributed by atoms with E-state index in [4.69, 9.17) is 15.2 Å². The lowest BCUT2D eigenvalue weighted by Gasteiger charge is -2.15. The van der Waals surface area contributed by atoms with Crippen molar-refractivity contribution in [3.05, 3.63) is 35.4 Å². The Labute approximate surface area is 110 Å². The van der Waals surface area contributed by atoms with Crippen LogP contribution in [0.15, 0.2) is 29.7 Å². The predicted molar refractivity (Wildman–Crippen MR) is 68.5 cm³/mol. The number of anilines is 1. The predicted octanol–water partition coefficient (Wildman–Crippen LogP) is -0.323. The molecule has 0 radical (unpaired) electrons. The molecule has 1 saturated heterocycles. The average Bonchev–Trinajstić information content (AvgIpc) is 2.79. The summed E-state index contributed by atoms with van der Waals surface area (Å²) in [6.07, 6.45) is 2.36. The van der Waals surface area contributed by atoms with Crippen molar-refractivity contribution in [1.29, 1.82) is 0 Å². The number of ether oxygens (including phenoxy) is 2. The van der Waals surface area contributed by atoms with Crippen LogP contribution in [0.4, 0.5) is 5.82 Å². The van der Waals surface area contributed by atoms with E-state index in [9.17, 15) is 9.90 Å². The molecule has 104 valence electrons. The van der Waals surface area contributed by atoms with Gasteiger partial charge in [-0.25, -0.2) is 4.79 Å². The molecule has 1 aromatic rings. The van der Waals surface area contributed by atoms with Crippen molar-refractivity contribution in [2.45, 2.75) is 24.9 Å². The van der Waals surface area contributed by atoms with Gasteiger partial charge in [0.15, 0.2) is 0 Å². The third-order valence-corrected chi connectivity index (χ3v) is 2.95. The van der Waals surface area contributed by atoms with Gasteiger partial charge in [0, 0.05) is 12.6 Å². The molecule has 0 aliphatic carbocycles. The Balaban J connectivity index is 2.14. The molecule has 2 heterocycles. The third-order valence-electron chi connectivity index (χ3n) is 2.95. The summed E-state index contributed by atoms with van der Waals surface area (Å²) >= 11 is 0. The smallest absolute Gasteiger partial charge is 0.351 e. The maximum atomic E-state index is 11.7. The molecule has 7 nitrogen and oxygen atoms in total. The van der Waals surface area contributed by atoms with E-state index < -0.39 is 18.0 Å². The van der Waals surface area contributed by atoms with Crippen molar-refractivity contribution in [2.24, 2.45) is 0 Å². The van der Waals surface area contributed by atoms with Crippen LogP contribution >= 0.6 is 0 Å². The Bertz CT molecular complexity index is 502. The van der Waals surface area contributed by atoms with Gasteiger partial charge in [-0.05, 0) is 6.07 Å². The van der Waals surface area contributed by atoms with Crippen molar-refractivity contribution in [2.75, 3.05) is 18.9 Å². The van der Waals surface area contributed by atoms with Gasteiger partial charge in [-0.2, -0.15) is 4.98 Å². The van der Waals surface area contributed by atoms with E-state index in [1.54, 1.807) is 6.08 Å². The molecule has 1 aliphatic heterocycles. The molecule has 1 unspecified atom stereocenters. The maximum Gasteiger partial charge on any atom is 0.351 e. The van der Waals surface area contributed by atoms with Crippen LogP contribution in [0.3, 0.4) is 0 Å². The number of aliphatic hydroxyl groups is 1. The van der Waals surface area contributed by atoms with Crippen LogP contribution < -0.4 is 11.4 Å². The molecule has 1 fully saturated rings. The SMILES string of the molecule is C=CCOC1C[C@H](n2ccc(N)nc2=O)O[C@@H]1CO. The number of nitrogens with two attached hydrogens (primary N) is 1. The number of hydrogen-bond donors (Lipinski definition) is 2. The van der Waals surface area contributed by atoms with Crippen LogP contribution in [0.25, 0.3) is 0 Å². The largest absolute Gasteiger partial charge is 0.394 e. The average molecular weight is 267 g/mol. The van der Waals surface area contributed by atoms with Gasteiger partial charge in [0.25, 0.3) is 0 Å². The van der Waals surface area contributed by atoms with Gasteiger partial charge in [-0.3, -0.25) is 4.57 Å². The lowest BCUT2D eigenvalue weighted by Crippen LogP contribution is -2.28. The summed E-state index contributed by atoms with van der Waals surface area (Å²) in [6.45, 7) is 3.76. The molecule has 0 saturated carbocycles. The molecule has 2 rings (SSSR count). The summed E-state index contributed by atoms with van der Waals surface area (Å²) in [4.78, 5) is 15.4. The molecule has 7 heteroatoms. The molecule has 0 aromatic carbocycles. The second-order valence-electron chi connectivity index (χ2n) is 4.25. The van der Waals surface area contributed by atoms with E-state index in [0.717, 1.165) is 0 Å². The van der Waals surface area contributed by atoms with Crippen molar-refractivity contribution >= 4 is 5.82 Å². The zero-order chi connectivity index (χ0) is 13.8. The lowest BCUT2D eigenvalue weighted by atomic mass is 10.2. The molecule has 1 aliphatic rings. The minimum absolute atomic E-state index is 0.164. The normalized spacial score (nSPS) is 26.5. The first-order valence-electron chi connectivity index (χ1n) is 5.99. The van der Waals surface area contributed by atoms with Gasteiger partial charge in [0.2, 0.25) is 0 Å². The zero-order valence-electron chi connectivity index (χ0n) is 10.4. The minimum atomic E-state index is -0.507. The standard InChI is InChI=1S/C12H17N3O4/c1-2-5-18-8-6-11(19-9(8)7-16)15-4-3-10(13)14-12(15)17/h2-4,8-9,11,16H,1,5-7H2,(H2,13,14,17)/t8?,9-,11-/m1/s1. The van der Waals surface area contributed by atoms with Crippen molar-refractivity contribution in [3.63, 3.8) is 0 Å². The van der Waals surface area contributed by atoms with Gasteiger partial charge >= 0.3 is 5.69 Å². The van der Waals surface area contributed by atoms with Crippen LogP contribution in [0, 0.1) is 0 Å². The number of hydrogen-bond acceptors (Lipinski definition) is 6. The Morgan fingerprint density at radius 1 is 1.74 bits per heavy atom. The highest BCUT2D eigenvalue weighted by molar-refractivity contribution is 5.23. The number of aliphatic hydroxyl groups excluding tert-OH is 1. The quantitative estimate of drug-likeness (QED) is 0.709. The Kier molecular flexibility index (Phi) is 4.31. The highest BCUT2D eigenvalue weighted by Crippen LogP contribution is 2.29. The van der Waals surface area contributed by atoms with Gasteiger partial charge in [-0.15, -0.1) is 6.58 Å². The van der Waals surface area contributed by atoms with Crippen LogP contribution in [-0.2, 0) is 9.47 Å². The second kappa shape index (κ2) is 5.96. The van der Waals surface area contributed by atoms with E-state index in [1.165, 1.54) is 16.8 Å². The molecule has 0 bridgehead atoms. The van der Waals surface area contributed by atoms with Crippen molar-refractivity contribution in [1.82, 2.24) is 9.55 Å². The highest BCUT2D eigenvalue weighted by atomic mass is 16.6. The van der Waals surface area contributed by atoms with E-state index in [2.05, 4.69) is 11.6 Å². The molecule has 0 amide bonds. The fraction of sp³-hybridized carbons (Fsp3) is 0.500. The molecule has 0 spiro atoms. The monoisotopic (exact) mass is 267 g/mol. The summed E-state index contributed by atoms with van der Waals surface area (Å²) in [7, 11) is 0. The van der Waals surface area contributed by atoms with Crippen LogP contribution in [0.5, 0.6) is 0 Å². The summed E-state index contributed by atoms with van der Waals surface area (Å²) < 4.78 is 12.5. The van der Waals surface area contributed by atoms with Gasteiger partial charge in [0.1, 0.15) is 18.1 Å². The number of nitrogens with zero attached hydrogens (tertiary/aromatic N) is 2. The van der Waals surface area contributed by atoms with Crippen molar-refractivity contribution in [3.8, 4) is 0 Å². The highest BCUT2D eigenvalue weighted by Gasteiger charge is 2.36. The third kappa shape index (κ3) is 3.01. The molecular weight excluding hydrogens is 250 g/mol. The number of rotatable bonds is 5. The first-order chi connectivity index (χ1) is 9.15. The maximum absolute atomic E-state index is 11.7. The van der Waals surface area contributed by atoms with Gasteiger partial charge in [0.05, 0.1) is 19.3 Å². The fourth-order valence-corrected chi connectivity index (χ4v) is 2.05. The van der Waals surface area contributed by atoms with Gasteiger partial charge < -0.3 is 20.3 Å². The summed E-state index contributed by atoms with van der Waals surface area (Å²) in [6, 6.07) is 1.52. The van der Waals surface area contributed by atoms with Crippen LogP contribution in [0.2, 0.25) is 0 Å². The molecule has 19 heavy (non-hydrogen) atoms. The molecule has 3 N–H and O–H groups in total. The summed E-state index contributed by atoms with van der Waals surface area (Å²) in [5.41, 5.74) is 4.95. The Morgan fingerprint density at radius 2 is 2.53 bits per heavy atom. The summed E-state index contributed by atoms with van der Waals surface area (Å²) in [5, 5.41) is 9.26. The number of aromatic nitrogens is 2. The van der Waals surface area contributed by atoms with E-state index in [1.807, 2.05) is 0 Å². The van der Waals surface area contributed by atoms with Crippen LogP contribution in [0.1, 0.15) is 12.6 Å². The number of nitrogen functional groups attached to an aromatic ring is 1. The zero-order valence-corrected chi connectivity index (χ0v) is 10.4. The van der Waals surface area contributed by atoms with Gasteiger partial charge in [-0.1, -0.05) is 6.08 Å². The lowest BCUT2D eigenvalue weighted by molar-refractivity contribution is -0.0581. The van der Waals surface area contributed by atoms with Crippen LogP contribution in [-0.4, -0.2) is 40.1 Å². The first kappa shape index (κ1) is 13.7. The first-order valence-corrected chi connectivity index (χ1v) is 5.99. The Hall–Kier alpha value is -1.70. The topological polar surface area (TPSA) is 99.6 Å². The molecular formula is C12H17N3O4. The van der Waals surface area contributed by atoms with E-state index >= 15 is 0 Å².